The molecule has 0 aliphatic carbocycles. The number of benzene rings is 2. The largest absolute Gasteiger partial charge is 0.490 e. The van der Waals surface area contributed by atoms with Crippen LogP contribution >= 0.6 is 0 Å². The second-order valence-corrected chi connectivity index (χ2v) is 8.90. The molecule has 0 fully saturated rings. The first-order chi connectivity index (χ1) is 14.8. The van der Waals surface area contributed by atoms with Crippen LogP contribution in [-0.2, 0) is 10.0 Å². The van der Waals surface area contributed by atoms with E-state index in [2.05, 4.69) is 10.8 Å². The highest BCUT2D eigenvalue weighted by molar-refractivity contribution is 7.92. The van der Waals surface area contributed by atoms with Gasteiger partial charge in [0, 0.05) is 36.8 Å². The number of fused-ring (bicyclic) bond motifs is 1. The summed E-state index contributed by atoms with van der Waals surface area (Å²) in [4.78, 5) is 14.3. The van der Waals surface area contributed by atoms with Crippen LogP contribution in [0, 0.1) is 17.2 Å². The Morgan fingerprint density at radius 1 is 1.16 bits per heavy atom. The lowest BCUT2D eigenvalue weighted by molar-refractivity contribution is 0.0752. The van der Waals surface area contributed by atoms with Gasteiger partial charge in [0.1, 0.15) is 0 Å². The smallest absolute Gasteiger partial charge is 0.262 e. The van der Waals surface area contributed by atoms with E-state index in [1.807, 2.05) is 6.92 Å². The maximum atomic E-state index is 12.8. The first-order valence-corrected chi connectivity index (χ1v) is 11.5. The van der Waals surface area contributed by atoms with Crippen molar-refractivity contribution in [3.8, 4) is 17.6 Å². The van der Waals surface area contributed by atoms with E-state index < -0.39 is 10.0 Å². The molecule has 0 aromatic heterocycles. The minimum absolute atomic E-state index is 0.0551. The lowest BCUT2D eigenvalue weighted by Crippen LogP contribution is -2.34. The van der Waals surface area contributed by atoms with Crippen LogP contribution in [-0.4, -0.2) is 45.5 Å². The Bertz CT molecular complexity index is 1080. The molecule has 2 aromatic rings. The molecule has 0 saturated heterocycles. The number of carbonyl (C=O) groups excluding carboxylic acids is 1. The van der Waals surface area contributed by atoms with Gasteiger partial charge in [0.05, 0.1) is 30.1 Å². The first-order valence-electron chi connectivity index (χ1n) is 10.1. The van der Waals surface area contributed by atoms with Gasteiger partial charge >= 0.3 is 0 Å². The third-order valence-electron chi connectivity index (χ3n) is 4.80. The molecule has 0 bridgehead atoms. The van der Waals surface area contributed by atoms with E-state index in [1.54, 1.807) is 30.0 Å². The molecule has 164 valence electrons. The predicted octanol–water partition coefficient (Wildman–Crippen LogP) is 3.27. The summed E-state index contributed by atoms with van der Waals surface area (Å²) >= 11 is 0. The molecule has 31 heavy (non-hydrogen) atoms. The molecule has 0 spiro atoms. The summed E-state index contributed by atoms with van der Waals surface area (Å²) in [6, 6.07) is 12.8. The summed E-state index contributed by atoms with van der Waals surface area (Å²) in [7, 11) is -3.85. The predicted molar refractivity (Wildman–Crippen MR) is 116 cm³/mol. The van der Waals surface area contributed by atoms with Crippen molar-refractivity contribution in [3.05, 3.63) is 48.0 Å². The molecule has 1 aliphatic heterocycles. The van der Waals surface area contributed by atoms with Crippen LogP contribution in [0.1, 0.15) is 30.6 Å². The molecule has 1 heterocycles. The van der Waals surface area contributed by atoms with Crippen molar-refractivity contribution in [3.63, 3.8) is 0 Å². The van der Waals surface area contributed by atoms with E-state index in [0.29, 0.717) is 49.1 Å². The number of anilines is 1. The summed E-state index contributed by atoms with van der Waals surface area (Å²) in [6.45, 7) is 5.40. The highest BCUT2D eigenvalue weighted by atomic mass is 32.2. The van der Waals surface area contributed by atoms with E-state index in [-0.39, 0.29) is 16.7 Å². The summed E-state index contributed by atoms with van der Waals surface area (Å²) < 4.78 is 39.2. The monoisotopic (exact) mass is 443 g/mol. The quantitative estimate of drug-likeness (QED) is 0.703. The topological polar surface area (TPSA) is 109 Å². The Morgan fingerprint density at radius 2 is 1.84 bits per heavy atom. The van der Waals surface area contributed by atoms with Crippen molar-refractivity contribution >= 4 is 21.6 Å². The Kier molecular flexibility index (Phi) is 7.02. The van der Waals surface area contributed by atoms with E-state index in [4.69, 9.17) is 14.7 Å². The van der Waals surface area contributed by atoms with Gasteiger partial charge in [0.25, 0.3) is 15.9 Å². The van der Waals surface area contributed by atoms with Crippen LogP contribution in [0.3, 0.4) is 0 Å². The number of amides is 1. The van der Waals surface area contributed by atoms with Crippen molar-refractivity contribution in [2.24, 2.45) is 5.92 Å². The van der Waals surface area contributed by atoms with Crippen LogP contribution < -0.4 is 14.2 Å². The first kappa shape index (κ1) is 22.4. The number of nitrogens with zero attached hydrogens (tertiary/aromatic N) is 2. The Balaban J connectivity index is 1.74. The van der Waals surface area contributed by atoms with E-state index >= 15 is 0 Å². The highest BCUT2D eigenvalue weighted by Gasteiger charge is 2.20. The van der Waals surface area contributed by atoms with Gasteiger partial charge in [-0.05, 0) is 50.2 Å². The Hall–Kier alpha value is -3.25. The van der Waals surface area contributed by atoms with Crippen molar-refractivity contribution in [2.45, 2.75) is 25.2 Å². The number of ether oxygens (including phenoxy) is 2. The maximum absolute atomic E-state index is 12.8. The number of carbonyl (C=O) groups is 1. The molecule has 1 unspecified atom stereocenters. The maximum Gasteiger partial charge on any atom is 0.262 e. The molecule has 0 saturated carbocycles. The number of sulfonamides is 1. The number of rotatable bonds is 7. The van der Waals surface area contributed by atoms with Gasteiger partial charge in [-0.1, -0.05) is 0 Å². The van der Waals surface area contributed by atoms with Crippen molar-refractivity contribution in [2.75, 3.05) is 31.0 Å². The fraction of sp³-hybridized carbons (Fsp3) is 0.364. The summed E-state index contributed by atoms with van der Waals surface area (Å²) in [6.07, 6.45) is 0.727. The summed E-state index contributed by atoms with van der Waals surface area (Å²) in [5, 5.41) is 8.98. The lowest BCUT2D eigenvalue weighted by Gasteiger charge is -2.22. The second kappa shape index (κ2) is 9.71. The van der Waals surface area contributed by atoms with Crippen LogP contribution in [0.25, 0.3) is 0 Å². The molecule has 9 heteroatoms. The zero-order valence-electron chi connectivity index (χ0n) is 17.5. The van der Waals surface area contributed by atoms with Crippen LogP contribution in [0.5, 0.6) is 11.5 Å². The van der Waals surface area contributed by atoms with Gasteiger partial charge < -0.3 is 14.4 Å². The van der Waals surface area contributed by atoms with Crippen molar-refractivity contribution in [1.82, 2.24) is 4.90 Å². The zero-order chi connectivity index (χ0) is 22.4. The van der Waals surface area contributed by atoms with Gasteiger partial charge in [-0.15, -0.1) is 0 Å². The van der Waals surface area contributed by atoms with Crippen LogP contribution in [0.15, 0.2) is 47.4 Å². The third-order valence-corrected chi connectivity index (χ3v) is 6.18. The van der Waals surface area contributed by atoms with E-state index in [1.165, 1.54) is 24.3 Å². The van der Waals surface area contributed by atoms with Gasteiger partial charge in [-0.3, -0.25) is 9.52 Å². The molecule has 1 atom stereocenters. The zero-order valence-corrected chi connectivity index (χ0v) is 18.3. The molecule has 1 amide bonds. The third kappa shape index (κ3) is 5.47. The number of nitrogens with one attached hydrogen (secondary N) is 1. The van der Waals surface area contributed by atoms with Gasteiger partial charge in [0.15, 0.2) is 11.5 Å². The average molecular weight is 444 g/mol. The number of hydrogen-bond acceptors (Lipinski definition) is 6. The van der Waals surface area contributed by atoms with E-state index in [9.17, 15) is 13.2 Å². The normalized spacial score (nSPS) is 14.1. The average Bonchev–Trinajstić information content (AvgIpc) is 3.02. The molecular weight excluding hydrogens is 418 g/mol. The summed E-state index contributed by atoms with van der Waals surface area (Å²) in [5.74, 6) is 0.435. The molecule has 3 rings (SSSR count). The highest BCUT2D eigenvalue weighted by Crippen LogP contribution is 2.32. The van der Waals surface area contributed by atoms with Gasteiger partial charge in [0.2, 0.25) is 0 Å². The molecule has 0 radical (unpaired) electrons. The van der Waals surface area contributed by atoms with Crippen LogP contribution in [0.4, 0.5) is 5.69 Å². The fourth-order valence-corrected chi connectivity index (χ4v) is 4.19. The Labute approximate surface area is 182 Å². The molecule has 1 aliphatic rings. The standard InChI is InChI=1S/C22H25N3O5S/c1-3-25(15-16(2)14-23)22(26)17-5-7-18(8-6-17)24-31(27,28)19-9-10-20-21(13-19)30-12-4-11-29-20/h5-10,13,16,24H,3-4,11-12,15H2,1-2H3. The van der Waals surface area contributed by atoms with Crippen LogP contribution in [0.2, 0.25) is 0 Å². The molecule has 1 N–H and O–H groups in total. The fourth-order valence-electron chi connectivity index (χ4n) is 3.12. The Morgan fingerprint density at radius 3 is 2.48 bits per heavy atom. The minimum atomic E-state index is -3.85. The van der Waals surface area contributed by atoms with Crippen molar-refractivity contribution < 1.29 is 22.7 Å². The van der Waals surface area contributed by atoms with Gasteiger partial charge in [-0.2, -0.15) is 5.26 Å². The van der Waals surface area contributed by atoms with Crippen molar-refractivity contribution in [1.29, 1.82) is 5.26 Å². The van der Waals surface area contributed by atoms with Gasteiger partial charge in [-0.25, -0.2) is 8.42 Å². The SMILES string of the molecule is CCN(CC(C)C#N)C(=O)c1ccc(NS(=O)(=O)c2ccc3c(c2)OCCCO3)cc1. The number of nitriles is 1. The second-order valence-electron chi connectivity index (χ2n) is 7.22. The molecule has 8 nitrogen and oxygen atoms in total. The van der Waals surface area contributed by atoms with E-state index in [0.717, 1.165) is 6.42 Å². The molecule has 2 aromatic carbocycles. The minimum Gasteiger partial charge on any atom is -0.490 e. The number of hydrogen-bond donors (Lipinski definition) is 1. The lowest BCUT2D eigenvalue weighted by atomic mass is 10.1. The molecular formula is C22H25N3O5S. The summed E-state index contributed by atoms with van der Waals surface area (Å²) in [5.41, 5.74) is 0.752.